The van der Waals surface area contributed by atoms with Crippen molar-refractivity contribution < 1.29 is 14.6 Å². The summed E-state index contributed by atoms with van der Waals surface area (Å²) in [5.41, 5.74) is 0.883. The predicted octanol–water partition coefficient (Wildman–Crippen LogP) is 2.49. The van der Waals surface area contributed by atoms with Crippen LogP contribution in [0, 0.1) is 0 Å². The summed E-state index contributed by atoms with van der Waals surface area (Å²) in [4.78, 5) is 11.5. The standard InChI is InChI=1S/C14H16N2O3/c1-3-19-14(18)13(11(2)17)10-16-15-9-12-7-5-4-6-8-12/h4-10,17H,3H2,1-2H3/b13-11-,15-9+,16-10+. The van der Waals surface area contributed by atoms with Crippen LogP contribution in [0.5, 0.6) is 0 Å². The van der Waals surface area contributed by atoms with Gasteiger partial charge >= 0.3 is 5.97 Å². The van der Waals surface area contributed by atoms with Gasteiger partial charge < -0.3 is 9.84 Å². The van der Waals surface area contributed by atoms with Crippen molar-refractivity contribution in [3.63, 3.8) is 0 Å². The molecule has 0 spiro atoms. The fourth-order valence-electron chi connectivity index (χ4n) is 1.23. The molecule has 0 aliphatic heterocycles. The lowest BCUT2D eigenvalue weighted by Gasteiger charge is -2.01. The summed E-state index contributed by atoms with van der Waals surface area (Å²) in [6.45, 7) is 3.31. The van der Waals surface area contributed by atoms with Gasteiger partial charge in [0.05, 0.1) is 19.0 Å². The van der Waals surface area contributed by atoms with Crippen LogP contribution >= 0.6 is 0 Å². The average molecular weight is 260 g/mol. The molecule has 1 rings (SSSR count). The van der Waals surface area contributed by atoms with Gasteiger partial charge in [-0.25, -0.2) is 4.79 Å². The average Bonchev–Trinajstić information content (AvgIpc) is 2.39. The molecule has 5 heteroatoms. The summed E-state index contributed by atoms with van der Waals surface area (Å²) >= 11 is 0. The molecule has 0 saturated heterocycles. The lowest BCUT2D eigenvalue weighted by Crippen LogP contribution is -2.10. The molecule has 0 bridgehead atoms. The number of aliphatic hydroxyl groups is 1. The number of allylic oxidation sites excluding steroid dienone is 1. The summed E-state index contributed by atoms with van der Waals surface area (Å²) < 4.78 is 4.78. The van der Waals surface area contributed by atoms with E-state index in [0.717, 1.165) is 5.56 Å². The zero-order valence-corrected chi connectivity index (χ0v) is 10.9. The zero-order valence-electron chi connectivity index (χ0n) is 10.9. The molecule has 0 saturated carbocycles. The summed E-state index contributed by atoms with van der Waals surface area (Å²) in [5, 5.41) is 16.9. The third kappa shape index (κ3) is 5.16. The van der Waals surface area contributed by atoms with E-state index in [2.05, 4.69) is 10.2 Å². The van der Waals surface area contributed by atoms with Crippen LogP contribution in [0.4, 0.5) is 0 Å². The second-order valence-corrected chi connectivity index (χ2v) is 3.62. The third-order valence-electron chi connectivity index (χ3n) is 2.15. The largest absolute Gasteiger partial charge is 0.512 e. The maximum atomic E-state index is 11.5. The molecule has 1 aromatic rings. The first-order chi connectivity index (χ1) is 9.15. The van der Waals surface area contributed by atoms with Gasteiger partial charge in [0, 0.05) is 0 Å². The number of esters is 1. The number of aliphatic hydroxyl groups excluding tert-OH is 1. The van der Waals surface area contributed by atoms with Gasteiger partial charge in [0.2, 0.25) is 0 Å². The fourth-order valence-corrected chi connectivity index (χ4v) is 1.23. The molecule has 0 amide bonds. The minimum absolute atomic E-state index is 0.00735. The van der Waals surface area contributed by atoms with Crippen LogP contribution in [0.25, 0.3) is 0 Å². The number of hydrogen-bond donors (Lipinski definition) is 1. The molecule has 1 N–H and O–H groups in total. The van der Waals surface area contributed by atoms with Crippen LogP contribution in [0.1, 0.15) is 19.4 Å². The van der Waals surface area contributed by atoms with Gasteiger partial charge in [0.15, 0.2) is 0 Å². The molecule has 0 heterocycles. The molecule has 0 atom stereocenters. The summed E-state index contributed by atoms with van der Waals surface area (Å²) in [5.74, 6) is -0.779. The van der Waals surface area contributed by atoms with E-state index in [1.807, 2.05) is 30.3 Å². The Bertz CT molecular complexity index is 501. The van der Waals surface area contributed by atoms with Gasteiger partial charge in [-0.15, -0.1) is 0 Å². The van der Waals surface area contributed by atoms with Gasteiger partial charge in [-0.1, -0.05) is 30.3 Å². The maximum absolute atomic E-state index is 11.5. The quantitative estimate of drug-likeness (QED) is 0.291. The summed E-state index contributed by atoms with van der Waals surface area (Å²) in [6.07, 6.45) is 2.72. The van der Waals surface area contributed by atoms with E-state index < -0.39 is 5.97 Å². The van der Waals surface area contributed by atoms with Gasteiger partial charge in [0.25, 0.3) is 0 Å². The summed E-state index contributed by atoms with van der Waals surface area (Å²) in [7, 11) is 0. The highest BCUT2D eigenvalue weighted by Crippen LogP contribution is 2.01. The van der Waals surface area contributed by atoms with E-state index in [1.165, 1.54) is 13.1 Å². The van der Waals surface area contributed by atoms with E-state index >= 15 is 0 Å². The molecule has 1 aromatic carbocycles. The highest BCUT2D eigenvalue weighted by atomic mass is 16.5. The molecule has 0 aromatic heterocycles. The molecule has 5 nitrogen and oxygen atoms in total. The molecule has 0 unspecified atom stereocenters. The highest BCUT2D eigenvalue weighted by molar-refractivity contribution is 6.09. The smallest absolute Gasteiger partial charge is 0.343 e. The summed E-state index contributed by atoms with van der Waals surface area (Å²) in [6, 6.07) is 9.41. The Kier molecular flexibility index (Phi) is 6.02. The second-order valence-electron chi connectivity index (χ2n) is 3.62. The zero-order chi connectivity index (χ0) is 14.1. The predicted molar refractivity (Wildman–Crippen MR) is 74.5 cm³/mol. The molecule has 100 valence electrons. The van der Waals surface area contributed by atoms with Crippen molar-refractivity contribution in [3.05, 3.63) is 47.2 Å². The monoisotopic (exact) mass is 260 g/mol. The van der Waals surface area contributed by atoms with Crippen molar-refractivity contribution in [1.82, 2.24) is 0 Å². The lowest BCUT2D eigenvalue weighted by molar-refractivity contribution is -0.138. The van der Waals surface area contributed by atoms with E-state index in [-0.39, 0.29) is 17.9 Å². The van der Waals surface area contributed by atoms with Crippen LogP contribution in [-0.4, -0.2) is 30.1 Å². The number of hydrogen-bond acceptors (Lipinski definition) is 5. The van der Waals surface area contributed by atoms with Gasteiger partial charge in [-0.3, -0.25) is 0 Å². The topological polar surface area (TPSA) is 71.2 Å². The van der Waals surface area contributed by atoms with E-state index in [1.54, 1.807) is 13.1 Å². The highest BCUT2D eigenvalue weighted by Gasteiger charge is 2.11. The molecule has 0 aliphatic rings. The Labute approximate surface area is 111 Å². The number of carbonyl (C=O) groups is 1. The van der Waals surface area contributed by atoms with Crippen molar-refractivity contribution in [2.75, 3.05) is 6.61 Å². The Hall–Kier alpha value is -2.43. The molecule has 0 radical (unpaired) electrons. The van der Waals surface area contributed by atoms with E-state index in [9.17, 15) is 9.90 Å². The van der Waals surface area contributed by atoms with Crippen molar-refractivity contribution in [2.45, 2.75) is 13.8 Å². The van der Waals surface area contributed by atoms with Gasteiger partial charge in [0.1, 0.15) is 11.3 Å². The van der Waals surface area contributed by atoms with Crippen LogP contribution < -0.4 is 0 Å². The van der Waals surface area contributed by atoms with Crippen molar-refractivity contribution >= 4 is 18.4 Å². The number of carbonyl (C=O) groups excluding carboxylic acids is 1. The molecule has 0 aliphatic carbocycles. The van der Waals surface area contributed by atoms with Crippen LogP contribution in [-0.2, 0) is 9.53 Å². The Morgan fingerprint density at radius 2 is 2.00 bits per heavy atom. The number of rotatable bonds is 5. The van der Waals surface area contributed by atoms with Gasteiger partial charge in [-0.2, -0.15) is 10.2 Å². The first-order valence-electron chi connectivity index (χ1n) is 5.83. The lowest BCUT2D eigenvalue weighted by atomic mass is 10.2. The third-order valence-corrected chi connectivity index (χ3v) is 2.15. The first kappa shape index (κ1) is 14.6. The number of benzene rings is 1. The van der Waals surface area contributed by atoms with Crippen molar-refractivity contribution in [1.29, 1.82) is 0 Å². The Morgan fingerprint density at radius 1 is 1.32 bits per heavy atom. The minimum atomic E-state index is -0.624. The van der Waals surface area contributed by atoms with E-state index in [0.29, 0.717) is 0 Å². The number of nitrogens with zero attached hydrogens (tertiary/aromatic N) is 2. The Morgan fingerprint density at radius 3 is 2.58 bits per heavy atom. The molecule has 0 fully saturated rings. The normalized spacial score (nSPS) is 12.7. The number of ether oxygens (including phenoxy) is 1. The van der Waals surface area contributed by atoms with Gasteiger partial charge in [-0.05, 0) is 19.4 Å². The maximum Gasteiger partial charge on any atom is 0.343 e. The SMILES string of the molecule is CCOC(=O)C(/C=N/N=C/c1ccccc1)=C(/C)O. The molecular formula is C14H16N2O3. The Balaban J connectivity index is 2.71. The minimum Gasteiger partial charge on any atom is -0.512 e. The van der Waals surface area contributed by atoms with Crippen LogP contribution in [0.15, 0.2) is 51.9 Å². The van der Waals surface area contributed by atoms with Crippen LogP contribution in [0.3, 0.4) is 0 Å². The fraction of sp³-hybridized carbons (Fsp3) is 0.214. The second kappa shape index (κ2) is 7.81. The van der Waals surface area contributed by atoms with Crippen molar-refractivity contribution in [2.24, 2.45) is 10.2 Å². The van der Waals surface area contributed by atoms with E-state index in [4.69, 9.17) is 4.74 Å². The van der Waals surface area contributed by atoms with Crippen molar-refractivity contribution in [3.8, 4) is 0 Å². The molecule has 19 heavy (non-hydrogen) atoms. The van der Waals surface area contributed by atoms with Crippen LogP contribution in [0.2, 0.25) is 0 Å². The first-order valence-corrected chi connectivity index (χ1v) is 5.83. The molecular weight excluding hydrogens is 244 g/mol.